The van der Waals surface area contributed by atoms with E-state index in [1.165, 1.54) is 37.5 Å². The molecule has 100 valence electrons. The van der Waals surface area contributed by atoms with Crippen molar-refractivity contribution in [2.24, 2.45) is 5.41 Å². The van der Waals surface area contributed by atoms with Crippen molar-refractivity contribution in [1.82, 2.24) is 5.32 Å². The van der Waals surface area contributed by atoms with E-state index in [1.807, 2.05) is 0 Å². The van der Waals surface area contributed by atoms with Crippen molar-refractivity contribution in [3.05, 3.63) is 35.4 Å². The first-order chi connectivity index (χ1) is 8.50. The van der Waals surface area contributed by atoms with Crippen molar-refractivity contribution >= 4 is 0 Å². The van der Waals surface area contributed by atoms with Gasteiger partial charge in [0.2, 0.25) is 0 Å². The zero-order chi connectivity index (χ0) is 13.2. The van der Waals surface area contributed by atoms with E-state index in [0.717, 1.165) is 6.42 Å². The lowest BCUT2D eigenvalue weighted by molar-refractivity contribution is 0.166. The molecule has 0 amide bonds. The average Bonchev–Trinajstić information content (AvgIpc) is 2.30. The van der Waals surface area contributed by atoms with Gasteiger partial charge in [0.15, 0.2) is 0 Å². The van der Waals surface area contributed by atoms with Crippen LogP contribution in [-0.4, -0.2) is 6.04 Å². The minimum atomic E-state index is -0.462. The predicted molar refractivity (Wildman–Crippen MR) is 69.2 cm³/mol. The molecule has 1 aliphatic carbocycles. The summed E-state index contributed by atoms with van der Waals surface area (Å²) in [5.41, 5.74) is 0.360. The highest BCUT2D eigenvalue weighted by Gasteiger charge is 2.31. The third-order valence-corrected chi connectivity index (χ3v) is 4.09. The number of hydrogen-bond acceptors (Lipinski definition) is 1. The first kappa shape index (κ1) is 13.5. The zero-order valence-electron chi connectivity index (χ0n) is 11.1. The van der Waals surface area contributed by atoms with Gasteiger partial charge in [-0.2, -0.15) is 0 Å². The van der Waals surface area contributed by atoms with Crippen LogP contribution in [0.5, 0.6) is 0 Å². The fourth-order valence-electron chi connectivity index (χ4n) is 2.80. The number of nitrogens with one attached hydrogen (secondary N) is 1. The Morgan fingerprint density at radius 2 is 1.89 bits per heavy atom. The first-order valence-corrected chi connectivity index (χ1v) is 6.67. The van der Waals surface area contributed by atoms with E-state index < -0.39 is 11.6 Å². The molecule has 1 N–H and O–H groups in total. The van der Waals surface area contributed by atoms with Crippen molar-refractivity contribution in [2.75, 3.05) is 0 Å². The normalized spacial score (nSPS) is 23.0. The molecule has 0 bridgehead atoms. The summed E-state index contributed by atoms with van der Waals surface area (Å²) in [7, 11) is 0. The summed E-state index contributed by atoms with van der Waals surface area (Å²) in [6.07, 6.45) is 4.70. The van der Waals surface area contributed by atoms with Gasteiger partial charge in [0.05, 0.1) is 0 Å². The van der Waals surface area contributed by atoms with E-state index in [4.69, 9.17) is 0 Å². The van der Waals surface area contributed by atoms with Crippen LogP contribution >= 0.6 is 0 Å². The van der Waals surface area contributed by atoms with Crippen LogP contribution in [0.1, 0.15) is 45.1 Å². The fourth-order valence-corrected chi connectivity index (χ4v) is 2.80. The second kappa shape index (κ2) is 5.35. The molecule has 2 rings (SSSR count). The summed E-state index contributed by atoms with van der Waals surface area (Å²) in [5, 5.41) is 3.33. The smallest absolute Gasteiger partial charge is 0.130 e. The Bertz CT molecular complexity index is 395. The van der Waals surface area contributed by atoms with Crippen molar-refractivity contribution < 1.29 is 8.78 Å². The summed E-state index contributed by atoms with van der Waals surface area (Å²) in [5.74, 6) is -0.924. The Kier molecular flexibility index (Phi) is 4.00. The summed E-state index contributed by atoms with van der Waals surface area (Å²) < 4.78 is 27.0. The second-order valence-corrected chi connectivity index (χ2v) is 5.87. The molecule has 1 nitrogen and oxygen atoms in total. The average molecular weight is 253 g/mol. The van der Waals surface area contributed by atoms with E-state index in [9.17, 15) is 8.78 Å². The topological polar surface area (TPSA) is 12.0 Å². The molecule has 18 heavy (non-hydrogen) atoms. The lowest BCUT2D eigenvalue weighted by Gasteiger charge is -2.39. The monoisotopic (exact) mass is 253 g/mol. The third kappa shape index (κ3) is 2.89. The molecule has 1 saturated carbocycles. The lowest BCUT2D eigenvalue weighted by atomic mass is 9.73. The molecular formula is C15H21F2N. The van der Waals surface area contributed by atoms with Gasteiger partial charge in [-0.1, -0.05) is 32.8 Å². The predicted octanol–water partition coefficient (Wildman–Crippen LogP) is 4.02. The second-order valence-electron chi connectivity index (χ2n) is 5.87. The Hall–Kier alpha value is -0.960. The molecule has 1 fully saturated rings. The third-order valence-electron chi connectivity index (χ3n) is 4.09. The van der Waals surface area contributed by atoms with Gasteiger partial charge in [0.25, 0.3) is 0 Å². The molecule has 3 heteroatoms. The van der Waals surface area contributed by atoms with Gasteiger partial charge in [0, 0.05) is 18.2 Å². The van der Waals surface area contributed by atoms with Crippen molar-refractivity contribution in [3.8, 4) is 0 Å². The minimum absolute atomic E-state index is 0.152. The van der Waals surface area contributed by atoms with Crippen LogP contribution in [0.2, 0.25) is 0 Å². The van der Waals surface area contributed by atoms with E-state index in [2.05, 4.69) is 19.2 Å². The Balaban J connectivity index is 2.03. The number of hydrogen-bond donors (Lipinski definition) is 1. The van der Waals surface area contributed by atoms with Crippen LogP contribution in [-0.2, 0) is 6.54 Å². The quantitative estimate of drug-likeness (QED) is 0.857. The lowest BCUT2D eigenvalue weighted by Crippen LogP contribution is -2.43. The molecule has 1 unspecified atom stereocenters. The van der Waals surface area contributed by atoms with Gasteiger partial charge in [-0.25, -0.2) is 8.78 Å². The Labute approximate surface area is 108 Å². The molecule has 0 aromatic heterocycles. The van der Waals surface area contributed by atoms with Gasteiger partial charge >= 0.3 is 0 Å². The van der Waals surface area contributed by atoms with Crippen molar-refractivity contribution in [1.29, 1.82) is 0 Å². The number of benzene rings is 1. The van der Waals surface area contributed by atoms with Crippen LogP contribution in [0.25, 0.3) is 0 Å². The van der Waals surface area contributed by atoms with Crippen LogP contribution in [0.4, 0.5) is 8.78 Å². The van der Waals surface area contributed by atoms with Crippen LogP contribution in [0.15, 0.2) is 18.2 Å². The summed E-state index contributed by atoms with van der Waals surface area (Å²) >= 11 is 0. The van der Waals surface area contributed by atoms with E-state index in [-0.39, 0.29) is 17.5 Å². The molecule has 0 radical (unpaired) electrons. The maximum Gasteiger partial charge on any atom is 0.130 e. The minimum Gasteiger partial charge on any atom is -0.309 e. The Morgan fingerprint density at radius 3 is 2.50 bits per heavy atom. The summed E-state index contributed by atoms with van der Waals surface area (Å²) in [4.78, 5) is 0. The molecule has 1 aromatic rings. The molecule has 1 atom stereocenters. The SMILES string of the molecule is CC1(C)CCCCC1NCc1c(F)cccc1F. The van der Waals surface area contributed by atoms with Crippen LogP contribution in [0.3, 0.4) is 0 Å². The molecular weight excluding hydrogens is 232 g/mol. The highest BCUT2D eigenvalue weighted by Crippen LogP contribution is 2.35. The van der Waals surface area contributed by atoms with Crippen LogP contribution in [0, 0.1) is 17.0 Å². The van der Waals surface area contributed by atoms with Crippen LogP contribution < -0.4 is 5.32 Å². The number of halogens is 2. The maximum atomic E-state index is 13.5. The highest BCUT2D eigenvalue weighted by atomic mass is 19.1. The van der Waals surface area contributed by atoms with E-state index >= 15 is 0 Å². The molecule has 0 heterocycles. The molecule has 0 aliphatic heterocycles. The number of rotatable bonds is 3. The molecule has 0 spiro atoms. The maximum absolute atomic E-state index is 13.5. The van der Waals surface area contributed by atoms with Gasteiger partial charge in [-0.15, -0.1) is 0 Å². The summed E-state index contributed by atoms with van der Waals surface area (Å²) in [6.45, 7) is 4.72. The van der Waals surface area contributed by atoms with E-state index in [1.54, 1.807) is 0 Å². The van der Waals surface area contributed by atoms with Crippen molar-refractivity contribution in [3.63, 3.8) is 0 Å². The Morgan fingerprint density at radius 1 is 1.22 bits per heavy atom. The van der Waals surface area contributed by atoms with Crippen molar-refractivity contribution in [2.45, 2.75) is 52.1 Å². The van der Waals surface area contributed by atoms with Gasteiger partial charge in [-0.3, -0.25) is 0 Å². The zero-order valence-corrected chi connectivity index (χ0v) is 11.1. The standard InChI is InChI=1S/C15H21F2N/c1-15(2)9-4-3-8-14(15)18-10-11-12(16)6-5-7-13(11)17/h5-7,14,18H,3-4,8-10H2,1-2H3. The first-order valence-electron chi connectivity index (χ1n) is 6.67. The largest absolute Gasteiger partial charge is 0.309 e. The van der Waals surface area contributed by atoms with E-state index in [0.29, 0.717) is 6.04 Å². The highest BCUT2D eigenvalue weighted by molar-refractivity contribution is 5.19. The van der Waals surface area contributed by atoms with Gasteiger partial charge < -0.3 is 5.32 Å². The molecule has 0 saturated heterocycles. The van der Waals surface area contributed by atoms with Gasteiger partial charge in [-0.05, 0) is 30.4 Å². The summed E-state index contributed by atoms with van der Waals surface area (Å²) in [6, 6.07) is 4.36. The fraction of sp³-hybridized carbons (Fsp3) is 0.600. The van der Waals surface area contributed by atoms with Gasteiger partial charge in [0.1, 0.15) is 11.6 Å². The molecule has 1 aliphatic rings. The molecule has 1 aromatic carbocycles.